The molecule has 0 radical (unpaired) electrons. The van der Waals surface area contributed by atoms with Crippen molar-refractivity contribution in [1.29, 1.82) is 0 Å². The summed E-state index contributed by atoms with van der Waals surface area (Å²) in [6.07, 6.45) is 0. The van der Waals surface area contributed by atoms with Crippen molar-refractivity contribution in [2.45, 2.75) is 0 Å². The van der Waals surface area contributed by atoms with Crippen molar-refractivity contribution in [3.05, 3.63) is 0 Å². The number of hydrogen-bond donors (Lipinski definition) is 2. The van der Waals surface area contributed by atoms with Crippen LogP contribution in [0.1, 0.15) is 0 Å². The molecule has 8 heteroatoms. The number of esters is 1. The third-order valence-corrected chi connectivity index (χ3v) is 2.29. The average molecular weight is 231 g/mol. The summed E-state index contributed by atoms with van der Waals surface area (Å²) in [6.45, 7) is -1.64. The number of carboxylic acid groups (broad SMARTS) is 1. The Hall–Kier alpha value is -1.96. The maximum atomic E-state index is 11.5. The highest BCUT2D eigenvalue weighted by Crippen LogP contribution is 2.14. The van der Waals surface area contributed by atoms with E-state index in [-0.39, 0.29) is 6.54 Å². The van der Waals surface area contributed by atoms with E-state index < -0.39 is 41.4 Å². The van der Waals surface area contributed by atoms with Gasteiger partial charge in [-0.1, -0.05) is 0 Å². The van der Waals surface area contributed by atoms with E-state index in [1.165, 1.54) is 0 Å². The van der Waals surface area contributed by atoms with Gasteiger partial charge in [0.2, 0.25) is 0 Å². The van der Waals surface area contributed by atoms with Crippen molar-refractivity contribution in [2.75, 3.05) is 26.7 Å². The Bertz CT molecular complexity index is 348. The van der Waals surface area contributed by atoms with E-state index in [9.17, 15) is 19.2 Å². The van der Waals surface area contributed by atoms with E-state index in [0.29, 0.717) is 0 Å². The predicted octanol–water partition coefficient (Wildman–Crippen LogP) is -1.69. The van der Waals surface area contributed by atoms with E-state index in [1.54, 1.807) is 0 Å². The van der Waals surface area contributed by atoms with Crippen molar-refractivity contribution in [1.82, 2.24) is 5.32 Å². The quantitative estimate of drug-likeness (QED) is 0.339. The van der Waals surface area contributed by atoms with Crippen LogP contribution >= 0.6 is 0 Å². The maximum absolute atomic E-state index is 11.5. The summed E-state index contributed by atoms with van der Waals surface area (Å²) in [5, 5.41) is 10.9. The topological polar surface area (TPSA) is 110 Å². The molecule has 1 unspecified atom stereocenters. The van der Waals surface area contributed by atoms with Gasteiger partial charge in [-0.2, -0.15) is 4.48 Å². The van der Waals surface area contributed by atoms with Gasteiger partial charge in [-0.05, 0) is 0 Å². The molecule has 0 aromatic carbocycles. The van der Waals surface area contributed by atoms with Crippen LogP contribution in [0.3, 0.4) is 0 Å². The number of methoxy groups -OCH3 is 1. The molecule has 2 N–H and O–H groups in total. The molecule has 0 spiro atoms. The fourth-order valence-corrected chi connectivity index (χ4v) is 1.46. The number of rotatable bonds is 4. The van der Waals surface area contributed by atoms with Gasteiger partial charge < -0.3 is 9.84 Å². The summed E-state index contributed by atoms with van der Waals surface area (Å²) in [7, 11) is 1.10. The summed E-state index contributed by atoms with van der Waals surface area (Å²) in [5.41, 5.74) is 0. The smallest absolute Gasteiger partial charge is 0.425 e. The van der Waals surface area contributed by atoms with E-state index in [1.807, 2.05) is 0 Å². The molecular weight excluding hydrogens is 220 g/mol. The molecule has 0 bridgehead atoms. The number of nitrogens with zero attached hydrogens (tertiary/aromatic N) is 1. The zero-order chi connectivity index (χ0) is 12.3. The normalized spacial score (nSPS) is 24.1. The van der Waals surface area contributed by atoms with Gasteiger partial charge in [-0.25, -0.2) is 19.2 Å². The highest BCUT2D eigenvalue weighted by atomic mass is 16.5. The van der Waals surface area contributed by atoms with Gasteiger partial charge in [0.25, 0.3) is 0 Å². The standard InChI is InChI=1S/C8H10N2O6/c1-16-7(14)4-10(3-6(12)13)5(11)2-9-8(10)15/h2-4H2,1H3,(H-,9,12,13,15)/p+1. The Morgan fingerprint density at radius 1 is 1.44 bits per heavy atom. The number of imide groups is 1. The number of carboxylic acids is 1. The molecule has 1 atom stereocenters. The second-order valence-corrected chi connectivity index (χ2v) is 3.31. The predicted molar refractivity (Wildman–Crippen MR) is 48.1 cm³/mol. The van der Waals surface area contributed by atoms with Crippen LogP contribution in [0.15, 0.2) is 0 Å². The molecule has 16 heavy (non-hydrogen) atoms. The molecule has 0 aromatic rings. The summed E-state index contributed by atoms with van der Waals surface area (Å²) < 4.78 is 3.27. The average Bonchev–Trinajstić information content (AvgIpc) is 2.46. The first-order valence-electron chi connectivity index (χ1n) is 4.40. The number of hydrogen-bond acceptors (Lipinski definition) is 5. The monoisotopic (exact) mass is 231 g/mol. The molecular formula is C8H11N2O6+. The molecule has 0 aromatic heterocycles. The molecule has 1 heterocycles. The second kappa shape index (κ2) is 4.27. The number of carbonyl (C=O) groups is 4. The van der Waals surface area contributed by atoms with Crippen LogP contribution in [-0.2, 0) is 19.1 Å². The molecule has 8 nitrogen and oxygen atoms in total. The number of nitrogens with one attached hydrogen (secondary N) is 1. The summed E-state index contributed by atoms with van der Waals surface area (Å²) in [4.78, 5) is 44.7. The van der Waals surface area contributed by atoms with Crippen molar-refractivity contribution in [3.63, 3.8) is 0 Å². The van der Waals surface area contributed by atoms with Gasteiger partial charge in [-0.3, -0.25) is 5.32 Å². The number of aliphatic carboxylic acids is 1. The summed E-state index contributed by atoms with van der Waals surface area (Å²) in [5.74, 6) is -2.81. The van der Waals surface area contributed by atoms with Crippen LogP contribution in [0.2, 0.25) is 0 Å². The third kappa shape index (κ3) is 2.01. The Morgan fingerprint density at radius 3 is 2.44 bits per heavy atom. The zero-order valence-electron chi connectivity index (χ0n) is 8.56. The molecule has 0 aliphatic carbocycles. The van der Waals surface area contributed by atoms with Gasteiger partial charge in [-0.15, -0.1) is 0 Å². The first-order valence-corrected chi connectivity index (χ1v) is 4.40. The van der Waals surface area contributed by atoms with Crippen LogP contribution in [0.4, 0.5) is 4.79 Å². The van der Waals surface area contributed by atoms with Crippen molar-refractivity contribution < 1.29 is 33.5 Å². The third-order valence-electron chi connectivity index (χ3n) is 2.29. The van der Waals surface area contributed by atoms with Gasteiger partial charge in [0.1, 0.15) is 6.54 Å². The minimum absolute atomic E-state index is 0.275. The molecule has 1 fully saturated rings. The van der Waals surface area contributed by atoms with Crippen LogP contribution < -0.4 is 5.32 Å². The highest BCUT2D eigenvalue weighted by molar-refractivity contribution is 5.95. The van der Waals surface area contributed by atoms with E-state index >= 15 is 0 Å². The van der Waals surface area contributed by atoms with Crippen molar-refractivity contribution in [3.8, 4) is 0 Å². The minimum Gasteiger partial charge on any atom is -0.477 e. The maximum Gasteiger partial charge on any atom is 0.425 e. The van der Waals surface area contributed by atoms with Crippen molar-refractivity contribution >= 4 is 23.9 Å². The first-order chi connectivity index (χ1) is 7.42. The number of amides is 3. The lowest BCUT2D eigenvalue weighted by Crippen LogP contribution is -2.58. The van der Waals surface area contributed by atoms with E-state index in [2.05, 4.69) is 10.1 Å². The number of carbonyl (C=O) groups excluding carboxylic acids is 3. The van der Waals surface area contributed by atoms with Gasteiger partial charge in [0, 0.05) is 0 Å². The number of urea groups is 1. The lowest BCUT2D eigenvalue weighted by molar-refractivity contribution is -0.751. The zero-order valence-corrected chi connectivity index (χ0v) is 8.56. The Morgan fingerprint density at radius 2 is 2.06 bits per heavy atom. The second-order valence-electron chi connectivity index (χ2n) is 3.31. The Kier molecular flexibility index (Phi) is 3.23. The molecule has 1 aliphatic heterocycles. The van der Waals surface area contributed by atoms with E-state index in [4.69, 9.17) is 5.11 Å². The van der Waals surface area contributed by atoms with Crippen LogP contribution in [0.5, 0.6) is 0 Å². The van der Waals surface area contributed by atoms with Crippen LogP contribution in [0, 0.1) is 0 Å². The van der Waals surface area contributed by atoms with Crippen LogP contribution in [0.25, 0.3) is 0 Å². The van der Waals surface area contributed by atoms with E-state index in [0.717, 1.165) is 7.11 Å². The largest absolute Gasteiger partial charge is 0.477 e. The van der Waals surface area contributed by atoms with Gasteiger partial charge in [0.15, 0.2) is 13.1 Å². The number of quaternary nitrogens is 1. The Balaban J connectivity index is 3.00. The molecule has 1 rings (SSSR count). The fourth-order valence-electron chi connectivity index (χ4n) is 1.46. The SMILES string of the molecule is COC(=O)C[N+]1(CC(=O)O)C(=O)CNC1=O. The summed E-state index contributed by atoms with van der Waals surface area (Å²) >= 11 is 0. The molecule has 3 amide bonds. The van der Waals surface area contributed by atoms with Gasteiger partial charge >= 0.3 is 23.9 Å². The first kappa shape index (κ1) is 12.1. The molecule has 88 valence electrons. The molecule has 0 saturated carbocycles. The highest BCUT2D eigenvalue weighted by Gasteiger charge is 2.53. The molecule has 1 saturated heterocycles. The summed E-state index contributed by atoms with van der Waals surface area (Å²) in [6, 6.07) is -0.794. The Labute approximate surface area is 90.4 Å². The van der Waals surface area contributed by atoms with Crippen molar-refractivity contribution in [2.24, 2.45) is 0 Å². The minimum atomic E-state index is -1.34. The lowest BCUT2D eigenvalue weighted by atomic mass is 10.3. The van der Waals surface area contributed by atoms with Crippen LogP contribution in [-0.4, -0.2) is 60.2 Å². The fraction of sp³-hybridized carbons (Fsp3) is 0.500. The van der Waals surface area contributed by atoms with Gasteiger partial charge in [0.05, 0.1) is 7.11 Å². The number of ether oxygens (including phenoxy) is 1. The lowest BCUT2D eigenvalue weighted by Gasteiger charge is -2.23. The molecule has 1 aliphatic rings.